The SMILES string of the molecule is CC1CCC(C)C(O)(c2ccc3c(c2)CCC3)C1. The predicted octanol–water partition coefficient (Wildman–Crippen LogP) is 3.82. The van der Waals surface area contributed by atoms with E-state index in [0.29, 0.717) is 11.8 Å². The summed E-state index contributed by atoms with van der Waals surface area (Å²) >= 11 is 0. The van der Waals surface area contributed by atoms with Crippen molar-refractivity contribution < 1.29 is 5.11 Å². The fourth-order valence-electron chi connectivity index (χ4n) is 3.85. The number of aryl methyl sites for hydroxylation is 2. The summed E-state index contributed by atoms with van der Waals surface area (Å²) < 4.78 is 0. The molecule has 0 heterocycles. The highest BCUT2D eigenvalue weighted by Crippen LogP contribution is 2.44. The second-order valence-electron chi connectivity index (χ2n) is 6.55. The fourth-order valence-corrected chi connectivity index (χ4v) is 3.85. The number of fused-ring (bicyclic) bond motifs is 1. The van der Waals surface area contributed by atoms with Crippen LogP contribution in [0.3, 0.4) is 0 Å². The molecule has 0 saturated heterocycles. The van der Waals surface area contributed by atoms with Gasteiger partial charge in [0.15, 0.2) is 0 Å². The standard InChI is InChI=1S/C17H24O/c1-12-6-7-13(2)17(18,11-12)16-9-8-14-4-3-5-15(14)10-16/h8-10,12-13,18H,3-7,11H2,1-2H3. The van der Waals surface area contributed by atoms with Gasteiger partial charge in [0, 0.05) is 0 Å². The predicted molar refractivity (Wildman–Crippen MR) is 74.5 cm³/mol. The molecule has 1 heteroatoms. The van der Waals surface area contributed by atoms with E-state index >= 15 is 0 Å². The molecule has 2 aliphatic carbocycles. The molecule has 2 aliphatic rings. The van der Waals surface area contributed by atoms with Crippen molar-refractivity contribution in [1.29, 1.82) is 0 Å². The summed E-state index contributed by atoms with van der Waals surface area (Å²) in [6.07, 6.45) is 7.03. The summed E-state index contributed by atoms with van der Waals surface area (Å²) in [5.74, 6) is 1.02. The summed E-state index contributed by atoms with van der Waals surface area (Å²) in [7, 11) is 0. The van der Waals surface area contributed by atoms with Crippen LogP contribution in [0.5, 0.6) is 0 Å². The molecule has 3 atom stereocenters. The van der Waals surface area contributed by atoms with Crippen molar-refractivity contribution >= 4 is 0 Å². The first kappa shape index (κ1) is 12.2. The number of rotatable bonds is 1. The molecule has 1 N–H and O–H groups in total. The second-order valence-corrected chi connectivity index (χ2v) is 6.55. The molecule has 0 aromatic heterocycles. The summed E-state index contributed by atoms with van der Waals surface area (Å²) in [5.41, 5.74) is 3.56. The molecule has 1 aromatic rings. The zero-order chi connectivity index (χ0) is 12.8. The van der Waals surface area contributed by atoms with Crippen LogP contribution >= 0.6 is 0 Å². The zero-order valence-corrected chi connectivity index (χ0v) is 11.6. The molecule has 0 spiro atoms. The van der Waals surface area contributed by atoms with Gasteiger partial charge >= 0.3 is 0 Å². The second kappa shape index (κ2) is 4.38. The molecular formula is C17H24O. The van der Waals surface area contributed by atoms with Crippen molar-refractivity contribution in [2.75, 3.05) is 0 Å². The van der Waals surface area contributed by atoms with E-state index in [1.807, 2.05) is 0 Å². The van der Waals surface area contributed by atoms with E-state index in [-0.39, 0.29) is 0 Å². The van der Waals surface area contributed by atoms with Crippen LogP contribution in [0.1, 0.15) is 56.2 Å². The van der Waals surface area contributed by atoms with Gasteiger partial charge in [-0.1, -0.05) is 38.5 Å². The third-order valence-corrected chi connectivity index (χ3v) is 5.17. The Morgan fingerprint density at radius 3 is 2.72 bits per heavy atom. The average molecular weight is 244 g/mol. The maximum Gasteiger partial charge on any atom is 0.0924 e. The van der Waals surface area contributed by atoms with E-state index in [2.05, 4.69) is 32.0 Å². The lowest BCUT2D eigenvalue weighted by atomic mass is 9.68. The van der Waals surface area contributed by atoms with E-state index < -0.39 is 5.60 Å². The van der Waals surface area contributed by atoms with E-state index in [9.17, 15) is 5.11 Å². The fraction of sp³-hybridized carbons (Fsp3) is 0.647. The van der Waals surface area contributed by atoms with Crippen LogP contribution in [-0.2, 0) is 18.4 Å². The van der Waals surface area contributed by atoms with Crippen LogP contribution in [0, 0.1) is 11.8 Å². The quantitative estimate of drug-likeness (QED) is 0.796. The maximum atomic E-state index is 11.1. The van der Waals surface area contributed by atoms with Gasteiger partial charge in [0.05, 0.1) is 5.60 Å². The summed E-state index contributed by atoms with van der Waals surface area (Å²) in [6, 6.07) is 6.72. The van der Waals surface area contributed by atoms with Crippen LogP contribution in [-0.4, -0.2) is 5.11 Å². The molecule has 1 fully saturated rings. The Kier molecular flexibility index (Phi) is 2.97. The molecule has 0 radical (unpaired) electrons. The molecule has 1 saturated carbocycles. The van der Waals surface area contributed by atoms with E-state index in [4.69, 9.17) is 0 Å². The Balaban J connectivity index is 1.97. The molecule has 18 heavy (non-hydrogen) atoms. The largest absolute Gasteiger partial charge is 0.385 e. The van der Waals surface area contributed by atoms with Crippen molar-refractivity contribution in [1.82, 2.24) is 0 Å². The van der Waals surface area contributed by atoms with Crippen LogP contribution < -0.4 is 0 Å². The van der Waals surface area contributed by atoms with Gasteiger partial charge in [0.2, 0.25) is 0 Å². The number of benzene rings is 1. The lowest BCUT2D eigenvalue weighted by Crippen LogP contribution is -2.39. The monoisotopic (exact) mass is 244 g/mol. The lowest BCUT2D eigenvalue weighted by Gasteiger charge is -2.41. The highest BCUT2D eigenvalue weighted by Gasteiger charge is 2.40. The van der Waals surface area contributed by atoms with E-state index in [1.54, 1.807) is 0 Å². The van der Waals surface area contributed by atoms with Gasteiger partial charge in [-0.3, -0.25) is 0 Å². The van der Waals surface area contributed by atoms with Crippen LogP contribution in [0.25, 0.3) is 0 Å². The van der Waals surface area contributed by atoms with Crippen LogP contribution in [0.4, 0.5) is 0 Å². The Labute approximate surface area is 110 Å². The Bertz CT molecular complexity index is 451. The minimum absolute atomic E-state index is 0.383. The topological polar surface area (TPSA) is 20.2 Å². The highest BCUT2D eigenvalue weighted by molar-refractivity contribution is 5.38. The van der Waals surface area contributed by atoms with Gasteiger partial charge in [-0.25, -0.2) is 0 Å². The minimum atomic E-state index is -0.588. The normalized spacial score (nSPS) is 35.5. The lowest BCUT2D eigenvalue weighted by molar-refractivity contribution is -0.0627. The molecule has 3 unspecified atom stereocenters. The van der Waals surface area contributed by atoms with Gasteiger partial charge in [-0.2, -0.15) is 0 Å². The molecule has 1 aromatic carbocycles. The first-order chi connectivity index (χ1) is 8.59. The van der Waals surface area contributed by atoms with Gasteiger partial charge < -0.3 is 5.11 Å². The molecule has 3 rings (SSSR count). The Hall–Kier alpha value is -0.820. The molecular weight excluding hydrogens is 220 g/mol. The average Bonchev–Trinajstić information content (AvgIpc) is 2.81. The third-order valence-electron chi connectivity index (χ3n) is 5.17. The summed E-state index contributed by atoms with van der Waals surface area (Å²) in [4.78, 5) is 0. The van der Waals surface area contributed by atoms with Crippen molar-refractivity contribution in [3.05, 3.63) is 34.9 Å². The van der Waals surface area contributed by atoms with Gasteiger partial charge in [-0.15, -0.1) is 0 Å². The summed E-state index contributed by atoms with van der Waals surface area (Å²) in [5, 5.41) is 11.1. The minimum Gasteiger partial charge on any atom is -0.385 e. The first-order valence-electron chi connectivity index (χ1n) is 7.44. The number of hydrogen-bond donors (Lipinski definition) is 1. The highest BCUT2D eigenvalue weighted by atomic mass is 16.3. The third kappa shape index (κ3) is 1.89. The Morgan fingerprint density at radius 1 is 1.11 bits per heavy atom. The van der Waals surface area contributed by atoms with Crippen molar-refractivity contribution in [3.8, 4) is 0 Å². The Morgan fingerprint density at radius 2 is 1.89 bits per heavy atom. The molecule has 0 bridgehead atoms. The number of hydrogen-bond acceptors (Lipinski definition) is 1. The molecule has 98 valence electrons. The van der Waals surface area contributed by atoms with Gasteiger partial charge in [-0.05, 0) is 60.6 Å². The number of aliphatic hydroxyl groups is 1. The van der Waals surface area contributed by atoms with Gasteiger partial charge in [0.1, 0.15) is 0 Å². The maximum absolute atomic E-state index is 11.1. The van der Waals surface area contributed by atoms with Gasteiger partial charge in [0.25, 0.3) is 0 Å². The smallest absolute Gasteiger partial charge is 0.0924 e. The zero-order valence-electron chi connectivity index (χ0n) is 11.6. The van der Waals surface area contributed by atoms with Crippen molar-refractivity contribution in [2.45, 2.75) is 58.0 Å². The first-order valence-corrected chi connectivity index (χ1v) is 7.44. The van der Waals surface area contributed by atoms with Crippen LogP contribution in [0.2, 0.25) is 0 Å². The summed E-state index contributed by atoms with van der Waals surface area (Å²) in [6.45, 7) is 4.48. The van der Waals surface area contributed by atoms with E-state index in [1.165, 1.54) is 42.4 Å². The molecule has 0 amide bonds. The van der Waals surface area contributed by atoms with Crippen molar-refractivity contribution in [2.24, 2.45) is 11.8 Å². The van der Waals surface area contributed by atoms with Crippen molar-refractivity contribution in [3.63, 3.8) is 0 Å². The van der Waals surface area contributed by atoms with Crippen LogP contribution in [0.15, 0.2) is 18.2 Å². The molecule has 1 nitrogen and oxygen atoms in total. The molecule has 0 aliphatic heterocycles. The van der Waals surface area contributed by atoms with E-state index in [0.717, 1.165) is 12.8 Å².